The van der Waals surface area contributed by atoms with Crippen LogP contribution in [0.2, 0.25) is 0 Å². The molecular weight excluding hydrogens is 272 g/mol. The van der Waals surface area contributed by atoms with Gasteiger partial charge in [-0.1, -0.05) is 38.1 Å². The summed E-state index contributed by atoms with van der Waals surface area (Å²) in [6.45, 7) is 8.15. The fourth-order valence-corrected chi connectivity index (χ4v) is 1.80. The van der Waals surface area contributed by atoms with Gasteiger partial charge < -0.3 is 15.4 Å². The highest BCUT2D eigenvalue weighted by atomic mass is 32.1. The van der Waals surface area contributed by atoms with E-state index in [0.717, 1.165) is 11.3 Å². The Morgan fingerprint density at radius 3 is 2.80 bits per heavy atom. The SMILES string of the molecule is C=CCNC(=S)NC(=O)COc1ccccc1C(C)C. The van der Waals surface area contributed by atoms with Crippen molar-refractivity contribution in [2.75, 3.05) is 13.2 Å². The third-order valence-electron chi connectivity index (χ3n) is 2.56. The van der Waals surface area contributed by atoms with Crippen LogP contribution in [0.25, 0.3) is 0 Å². The standard InChI is InChI=1S/C15H20N2O2S/c1-4-9-16-15(20)17-14(18)10-19-13-8-6-5-7-12(13)11(2)3/h4-8,11H,1,9-10H2,2-3H3,(H2,16,17,18,20). The zero-order chi connectivity index (χ0) is 15.0. The Bertz CT molecular complexity index is 487. The first-order chi connectivity index (χ1) is 9.54. The molecule has 2 N–H and O–H groups in total. The number of nitrogens with one attached hydrogen (secondary N) is 2. The smallest absolute Gasteiger partial charge is 0.264 e. The van der Waals surface area contributed by atoms with E-state index in [-0.39, 0.29) is 17.6 Å². The number of hydrogen-bond donors (Lipinski definition) is 2. The van der Waals surface area contributed by atoms with Crippen LogP contribution in [0.15, 0.2) is 36.9 Å². The summed E-state index contributed by atoms with van der Waals surface area (Å²) in [5, 5.41) is 5.63. The topological polar surface area (TPSA) is 50.4 Å². The number of rotatable bonds is 6. The molecule has 4 nitrogen and oxygen atoms in total. The van der Waals surface area contributed by atoms with Gasteiger partial charge in [0.2, 0.25) is 0 Å². The highest BCUT2D eigenvalue weighted by molar-refractivity contribution is 7.80. The molecule has 1 rings (SSSR count). The van der Waals surface area contributed by atoms with Crippen molar-refractivity contribution in [3.63, 3.8) is 0 Å². The second-order valence-electron chi connectivity index (χ2n) is 4.53. The summed E-state index contributed by atoms with van der Waals surface area (Å²) in [6, 6.07) is 7.69. The molecular formula is C15H20N2O2S. The molecule has 0 saturated heterocycles. The molecule has 0 saturated carbocycles. The van der Waals surface area contributed by atoms with Gasteiger partial charge in [-0.2, -0.15) is 0 Å². The van der Waals surface area contributed by atoms with E-state index < -0.39 is 0 Å². The van der Waals surface area contributed by atoms with Crippen molar-refractivity contribution in [1.82, 2.24) is 10.6 Å². The van der Waals surface area contributed by atoms with Crippen molar-refractivity contribution in [3.05, 3.63) is 42.5 Å². The van der Waals surface area contributed by atoms with E-state index in [0.29, 0.717) is 12.5 Å². The molecule has 0 aromatic heterocycles. The third kappa shape index (κ3) is 5.40. The molecule has 0 aliphatic carbocycles. The number of ether oxygens (including phenoxy) is 1. The first kappa shape index (κ1) is 16.2. The molecule has 0 heterocycles. The van der Waals surface area contributed by atoms with Crippen molar-refractivity contribution in [3.8, 4) is 5.75 Å². The van der Waals surface area contributed by atoms with E-state index in [4.69, 9.17) is 17.0 Å². The van der Waals surface area contributed by atoms with E-state index in [1.54, 1.807) is 6.08 Å². The van der Waals surface area contributed by atoms with Crippen LogP contribution < -0.4 is 15.4 Å². The van der Waals surface area contributed by atoms with Crippen LogP contribution in [0.3, 0.4) is 0 Å². The summed E-state index contributed by atoms with van der Waals surface area (Å²) in [5.41, 5.74) is 1.08. The Hall–Kier alpha value is -1.88. The second kappa shape index (κ2) is 8.32. The van der Waals surface area contributed by atoms with Crippen LogP contribution in [0.5, 0.6) is 5.75 Å². The largest absolute Gasteiger partial charge is 0.483 e. The molecule has 0 aliphatic heterocycles. The van der Waals surface area contributed by atoms with Gasteiger partial charge in [-0.3, -0.25) is 4.79 Å². The molecule has 0 radical (unpaired) electrons. The number of thiocarbonyl (C=S) groups is 1. The molecule has 1 aromatic carbocycles. The lowest BCUT2D eigenvalue weighted by Gasteiger charge is -2.14. The fraction of sp³-hybridized carbons (Fsp3) is 0.333. The molecule has 0 spiro atoms. The van der Waals surface area contributed by atoms with Gasteiger partial charge in [0.05, 0.1) is 0 Å². The van der Waals surface area contributed by atoms with Crippen molar-refractivity contribution in [1.29, 1.82) is 0 Å². The Morgan fingerprint density at radius 1 is 1.45 bits per heavy atom. The maximum Gasteiger partial charge on any atom is 0.264 e. The molecule has 1 aromatic rings. The first-order valence-electron chi connectivity index (χ1n) is 6.45. The van der Waals surface area contributed by atoms with Gasteiger partial charge in [0.25, 0.3) is 5.91 Å². The summed E-state index contributed by atoms with van der Waals surface area (Å²) in [6.07, 6.45) is 1.66. The van der Waals surface area contributed by atoms with Gasteiger partial charge in [0, 0.05) is 6.54 Å². The average molecular weight is 292 g/mol. The lowest BCUT2D eigenvalue weighted by Crippen LogP contribution is -2.41. The zero-order valence-corrected chi connectivity index (χ0v) is 12.6. The number of carbonyl (C=O) groups excluding carboxylic acids is 1. The monoisotopic (exact) mass is 292 g/mol. The molecule has 20 heavy (non-hydrogen) atoms. The summed E-state index contributed by atoms with van der Waals surface area (Å²) < 4.78 is 5.55. The highest BCUT2D eigenvalue weighted by Gasteiger charge is 2.09. The minimum Gasteiger partial charge on any atom is -0.483 e. The predicted molar refractivity (Wildman–Crippen MR) is 85.0 cm³/mol. The maximum atomic E-state index is 11.7. The summed E-state index contributed by atoms with van der Waals surface area (Å²) >= 11 is 4.95. The van der Waals surface area contributed by atoms with Gasteiger partial charge in [-0.25, -0.2) is 0 Å². The number of carbonyl (C=O) groups is 1. The van der Waals surface area contributed by atoms with Crippen molar-refractivity contribution in [2.24, 2.45) is 0 Å². The summed E-state index contributed by atoms with van der Waals surface area (Å²) in [5.74, 6) is 0.775. The number of amides is 1. The Balaban J connectivity index is 2.49. The van der Waals surface area contributed by atoms with E-state index >= 15 is 0 Å². The van der Waals surface area contributed by atoms with Gasteiger partial charge in [0.1, 0.15) is 5.75 Å². The summed E-state index contributed by atoms with van der Waals surface area (Å²) in [4.78, 5) is 11.7. The van der Waals surface area contributed by atoms with Crippen LogP contribution in [0.4, 0.5) is 0 Å². The molecule has 1 amide bonds. The third-order valence-corrected chi connectivity index (χ3v) is 2.81. The van der Waals surface area contributed by atoms with Crippen LogP contribution >= 0.6 is 12.2 Å². The van der Waals surface area contributed by atoms with Gasteiger partial charge >= 0.3 is 0 Å². The lowest BCUT2D eigenvalue weighted by molar-refractivity contribution is -0.121. The highest BCUT2D eigenvalue weighted by Crippen LogP contribution is 2.25. The molecule has 0 atom stereocenters. The Kier molecular flexibility index (Phi) is 6.73. The van der Waals surface area contributed by atoms with E-state index in [9.17, 15) is 4.79 Å². The van der Waals surface area contributed by atoms with Gasteiger partial charge in [0.15, 0.2) is 11.7 Å². The Morgan fingerprint density at radius 2 is 2.15 bits per heavy atom. The number of para-hydroxylation sites is 1. The minimum absolute atomic E-state index is 0.0698. The first-order valence-corrected chi connectivity index (χ1v) is 6.85. The van der Waals surface area contributed by atoms with E-state index in [1.807, 2.05) is 24.3 Å². The van der Waals surface area contributed by atoms with Crippen LogP contribution in [-0.4, -0.2) is 24.2 Å². The molecule has 0 unspecified atom stereocenters. The zero-order valence-electron chi connectivity index (χ0n) is 11.8. The second-order valence-corrected chi connectivity index (χ2v) is 4.94. The van der Waals surface area contributed by atoms with Crippen molar-refractivity contribution in [2.45, 2.75) is 19.8 Å². The number of hydrogen-bond acceptors (Lipinski definition) is 3. The molecule has 0 bridgehead atoms. The van der Waals surface area contributed by atoms with Gasteiger partial charge in [-0.15, -0.1) is 6.58 Å². The molecule has 0 aliphatic rings. The molecule has 5 heteroatoms. The fourth-order valence-electron chi connectivity index (χ4n) is 1.60. The van der Waals surface area contributed by atoms with Gasteiger partial charge in [-0.05, 0) is 29.8 Å². The molecule has 108 valence electrons. The van der Waals surface area contributed by atoms with E-state index in [1.165, 1.54) is 0 Å². The minimum atomic E-state index is -0.287. The Labute approximate surface area is 125 Å². The van der Waals surface area contributed by atoms with Crippen molar-refractivity contribution >= 4 is 23.2 Å². The quantitative estimate of drug-likeness (QED) is 0.624. The van der Waals surface area contributed by atoms with Crippen LogP contribution in [0, 0.1) is 0 Å². The lowest BCUT2D eigenvalue weighted by atomic mass is 10.0. The maximum absolute atomic E-state index is 11.7. The van der Waals surface area contributed by atoms with E-state index in [2.05, 4.69) is 31.1 Å². The molecule has 0 fully saturated rings. The average Bonchev–Trinajstić information content (AvgIpc) is 2.43. The van der Waals surface area contributed by atoms with Crippen LogP contribution in [-0.2, 0) is 4.79 Å². The van der Waals surface area contributed by atoms with Crippen LogP contribution in [0.1, 0.15) is 25.3 Å². The van der Waals surface area contributed by atoms with Crippen molar-refractivity contribution < 1.29 is 9.53 Å². The summed E-state index contributed by atoms with van der Waals surface area (Å²) in [7, 11) is 0. The normalized spacial score (nSPS) is 9.95. The number of benzene rings is 1. The predicted octanol–water partition coefficient (Wildman–Crippen LogP) is 2.37.